The lowest BCUT2D eigenvalue weighted by molar-refractivity contribution is 0.472. The maximum atomic E-state index is 11.7. The minimum atomic E-state index is -0.873. The lowest BCUT2D eigenvalue weighted by Crippen LogP contribution is -2.01. The Hall–Kier alpha value is -7.04. The standard InChI is InChI=1S/C54H45N3O/c1-34(2)42-27-44(39-15-10-7-11-16-39)32-47(31-42)57-51-18-12-17-48(52(51)56-54(57)49-26-36(4)25-37(5)53(49)58)45-28-43(38-13-8-6-9-14-38)29-46(30-45)50-33-41(23-24-55-50)40-21-19-35(3)20-22-40/h6-34,58H,1-5H3/i34D. The number of nitrogens with zero attached hydrogens (tertiary/aromatic N) is 3. The van der Waals surface area contributed by atoms with Crippen LogP contribution < -0.4 is 0 Å². The maximum absolute atomic E-state index is 11.7. The highest BCUT2D eigenvalue weighted by Crippen LogP contribution is 2.42. The predicted molar refractivity (Wildman–Crippen MR) is 241 cm³/mol. The molecule has 282 valence electrons. The summed E-state index contributed by atoms with van der Waals surface area (Å²) in [5, 5.41) is 11.7. The molecule has 0 aliphatic rings. The quantitative estimate of drug-likeness (QED) is 0.168. The van der Waals surface area contributed by atoms with Gasteiger partial charge in [0.15, 0.2) is 0 Å². The summed E-state index contributed by atoms with van der Waals surface area (Å²) in [6.07, 6.45) is 1.89. The number of aromatic hydroxyl groups is 1. The number of fused-ring (bicyclic) bond motifs is 1. The van der Waals surface area contributed by atoms with E-state index in [1.54, 1.807) is 0 Å². The summed E-state index contributed by atoms with van der Waals surface area (Å²) in [6.45, 7) is 9.92. The number of phenolic OH excluding ortho intramolecular Hbond substituents is 1. The van der Waals surface area contributed by atoms with Crippen LogP contribution in [0.2, 0.25) is 0 Å². The highest BCUT2D eigenvalue weighted by atomic mass is 16.3. The van der Waals surface area contributed by atoms with E-state index >= 15 is 0 Å². The van der Waals surface area contributed by atoms with Crippen LogP contribution in [-0.2, 0) is 0 Å². The summed E-state index contributed by atoms with van der Waals surface area (Å²) in [7, 11) is 0. The Kier molecular flexibility index (Phi) is 9.23. The number of rotatable bonds is 8. The number of benzene rings is 7. The summed E-state index contributed by atoms with van der Waals surface area (Å²) in [4.78, 5) is 10.4. The zero-order chi connectivity index (χ0) is 40.8. The average molecular weight is 753 g/mol. The first-order valence-corrected chi connectivity index (χ1v) is 19.8. The average Bonchev–Trinajstić information content (AvgIpc) is 3.65. The van der Waals surface area contributed by atoms with Crippen LogP contribution in [0.3, 0.4) is 0 Å². The third-order valence-electron chi connectivity index (χ3n) is 11.0. The highest BCUT2D eigenvalue weighted by Gasteiger charge is 2.23. The third kappa shape index (κ3) is 6.99. The van der Waals surface area contributed by atoms with E-state index in [0.717, 1.165) is 89.2 Å². The second-order valence-electron chi connectivity index (χ2n) is 15.5. The molecule has 0 unspecified atom stereocenters. The van der Waals surface area contributed by atoms with Gasteiger partial charge < -0.3 is 5.11 Å². The van der Waals surface area contributed by atoms with Gasteiger partial charge in [0.1, 0.15) is 11.6 Å². The monoisotopic (exact) mass is 752 g/mol. The summed E-state index contributed by atoms with van der Waals surface area (Å²) in [5.74, 6) is -0.0491. The molecule has 9 rings (SSSR count). The van der Waals surface area contributed by atoms with E-state index in [0.29, 0.717) is 11.4 Å². The molecular weight excluding hydrogens is 707 g/mol. The van der Waals surface area contributed by atoms with Crippen molar-refractivity contribution in [2.75, 3.05) is 0 Å². The summed E-state index contributed by atoms with van der Waals surface area (Å²) in [6, 6.07) is 57.0. The van der Waals surface area contributed by atoms with Crippen LogP contribution >= 0.6 is 0 Å². The fourth-order valence-corrected chi connectivity index (χ4v) is 7.97. The van der Waals surface area contributed by atoms with Gasteiger partial charge in [-0.1, -0.05) is 129 Å². The van der Waals surface area contributed by atoms with Crippen LogP contribution in [0.5, 0.6) is 5.75 Å². The largest absolute Gasteiger partial charge is 0.507 e. The minimum absolute atomic E-state index is 0.196. The molecule has 0 fully saturated rings. The molecule has 0 aliphatic heterocycles. The van der Waals surface area contributed by atoms with Gasteiger partial charge in [-0.05, 0) is 137 Å². The van der Waals surface area contributed by atoms with Gasteiger partial charge in [-0.3, -0.25) is 9.55 Å². The Balaban J connectivity index is 1.31. The first-order valence-electron chi connectivity index (χ1n) is 20.3. The molecule has 1 N–H and O–H groups in total. The van der Waals surface area contributed by atoms with Crippen molar-refractivity contribution < 1.29 is 6.48 Å². The molecule has 0 aliphatic carbocycles. The van der Waals surface area contributed by atoms with Gasteiger partial charge in [0.05, 0.1) is 22.3 Å². The van der Waals surface area contributed by atoms with Crippen molar-refractivity contribution >= 4 is 11.0 Å². The molecule has 4 nitrogen and oxygen atoms in total. The third-order valence-corrected chi connectivity index (χ3v) is 11.0. The zero-order valence-electron chi connectivity index (χ0n) is 34.5. The van der Waals surface area contributed by atoms with Crippen molar-refractivity contribution in [1.82, 2.24) is 14.5 Å². The summed E-state index contributed by atoms with van der Waals surface area (Å²) >= 11 is 0. The normalized spacial score (nSPS) is 11.8. The van der Waals surface area contributed by atoms with Gasteiger partial charge in [0, 0.05) is 24.4 Å². The Morgan fingerprint density at radius 3 is 1.90 bits per heavy atom. The molecule has 4 heteroatoms. The fourth-order valence-electron chi connectivity index (χ4n) is 7.97. The number of hydrogen-bond donors (Lipinski definition) is 1. The number of imidazole rings is 1. The van der Waals surface area contributed by atoms with Crippen molar-refractivity contribution in [2.45, 2.75) is 40.5 Å². The van der Waals surface area contributed by atoms with Crippen LogP contribution in [0.15, 0.2) is 170 Å². The molecule has 0 bridgehead atoms. The smallest absolute Gasteiger partial charge is 0.149 e. The Labute approximate surface area is 342 Å². The Morgan fingerprint density at radius 2 is 1.19 bits per heavy atom. The predicted octanol–water partition coefficient (Wildman–Crippen LogP) is 14.2. The van der Waals surface area contributed by atoms with E-state index in [-0.39, 0.29) is 5.75 Å². The number of para-hydroxylation sites is 1. The highest BCUT2D eigenvalue weighted by molar-refractivity contribution is 5.98. The SMILES string of the molecule is [2H]C(C)(C)c1cc(-c2ccccc2)cc(-n2c(-c3cc(C)cc(C)c3O)nc3c(-c4cc(-c5ccccc5)cc(-c5cc(-c6ccc(C)cc6)ccn5)c4)cccc32)c1. The van der Waals surface area contributed by atoms with Crippen LogP contribution in [-0.4, -0.2) is 19.6 Å². The number of aromatic nitrogens is 3. The molecule has 0 spiro atoms. The molecule has 2 heterocycles. The van der Waals surface area contributed by atoms with E-state index in [1.165, 1.54) is 5.56 Å². The molecule has 0 saturated heterocycles. The van der Waals surface area contributed by atoms with Crippen molar-refractivity contribution in [3.63, 3.8) is 0 Å². The van der Waals surface area contributed by atoms with Crippen molar-refractivity contribution in [3.05, 3.63) is 192 Å². The Bertz CT molecular complexity index is 3000. The van der Waals surface area contributed by atoms with Gasteiger partial charge in [-0.2, -0.15) is 0 Å². The van der Waals surface area contributed by atoms with Gasteiger partial charge in [-0.15, -0.1) is 0 Å². The molecule has 0 saturated carbocycles. The van der Waals surface area contributed by atoms with E-state index < -0.39 is 5.89 Å². The number of pyridine rings is 1. The fraction of sp³-hybridized carbons (Fsp3) is 0.111. The van der Waals surface area contributed by atoms with Crippen LogP contribution in [0, 0.1) is 20.8 Å². The maximum Gasteiger partial charge on any atom is 0.149 e. The minimum Gasteiger partial charge on any atom is -0.507 e. The summed E-state index contributed by atoms with van der Waals surface area (Å²) in [5.41, 5.74) is 17.4. The van der Waals surface area contributed by atoms with Crippen LogP contribution in [0.4, 0.5) is 0 Å². The molecule has 7 aromatic carbocycles. The number of phenols is 1. The van der Waals surface area contributed by atoms with E-state index in [9.17, 15) is 5.11 Å². The van der Waals surface area contributed by atoms with E-state index in [1.807, 2.05) is 70.3 Å². The van der Waals surface area contributed by atoms with Crippen molar-refractivity contribution in [2.24, 2.45) is 0 Å². The van der Waals surface area contributed by atoms with Crippen LogP contribution in [0.1, 0.15) is 43.4 Å². The molecule has 2 aromatic heterocycles. The molecule has 9 aromatic rings. The first kappa shape index (κ1) is 35.4. The number of hydrogen-bond acceptors (Lipinski definition) is 3. The van der Waals surface area contributed by atoms with Gasteiger partial charge in [0.2, 0.25) is 0 Å². The molecular formula is C54H45N3O. The van der Waals surface area contributed by atoms with Crippen molar-refractivity contribution in [3.8, 4) is 78.6 Å². The molecule has 58 heavy (non-hydrogen) atoms. The first-order chi connectivity index (χ1) is 28.5. The lowest BCUT2D eigenvalue weighted by atomic mass is 9.93. The van der Waals surface area contributed by atoms with Crippen LogP contribution in [0.25, 0.3) is 83.9 Å². The van der Waals surface area contributed by atoms with E-state index in [4.69, 9.17) is 11.3 Å². The summed E-state index contributed by atoms with van der Waals surface area (Å²) < 4.78 is 11.3. The van der Waals surface area contributed by atoms with E-state index in [2.05, 4.69) is 139 Å². The molecule has 0 atom stereocenters. The number of aryl methyl sites for hydroxylation is 3. The van der Waals surface area contributed by atoms with Gasteiger partial charge in [0.25, 0.3) is 0 Å². The van der Waals surface area contributed by atoms with Gasteiger partial charge in [-0.25, -0.2) is 4.98 Å². The molecule has 0 radical (unpaired) electrons. The lowest BCUT2D eigenvalue weighted by Gasteiger charge is -2.17. The van der Waals surface area contributed by atoms with Gasteiger partial charge >= 0.3 is 0 Å². The van der Waals surface area contributed by atoms with Crippen molar-refractivity contribution in [1.29, 1.82) is 0 Å². The second kappa shape index (κ2) is 15.1. The Morgan fingerprint density at radius 1 is 0.534 bits per heavy atom. The second-order valence-corrected chi connectivity index (χ2v) is 15.5. The molecule has 0 amide bonds. The zero-order valence-corrected chi connectivity index (χ0v) is 33.5. The topological polar surface area (TPSA) is 50.9 Å².